The van der Waals surface area contributed by atoms with Crippen LogP contribution in [0, 0.1) is 5.92 Å². The molecule has 1 unspecified atom stereocenters. The Morgan fingerprint density at radius 2 is 1.57 bits per heavy atom. The summed E-state index contributed by atoms with van der Waals surface area (Å²) in [5.41, 5.74) is 10.1. The number of nitrogens with two attached hydrogens (primary N) is 1. The molecule has 2 bridgehead atoms. The molecule has 0 spiro atoms. The Morgan fingerprint density at radius 3 is 2.20 bits per heavy atom. The van der Waals surface area contributed by atoms with Gasteiger partial charge in [0.1, 0.15) is 5.52 Å². The normalized spacial score (nSPS) is 26.9. The maximum atomic E-state index is 6.19. The number of piperidine rings is 3. The van der Waals surface area contributed by atoms with Gasteiger partial charge in [-0.15, -0.1) is 0 Å². The van der Waals surface area contributed by atoms with Crippen molar-refractivity contribution in [1.82, 2.24) is 34.5 Å². The number of likely N-dealkylation sites (N-methyl/N-ethyl adjacent to an activating group) is 2. The molecule has 2 aromatic heterocycles. The van der Waals surface area contributed by atoms with E-state index in [1.54, 1.807) is 0 Å². The number of H-pyrrole nitrogens is 1. The number of hydrogen-bond donors (Lipinski definition) is 2. The molecule has 220 valence electrons. The van der Waals surface area contributed by atoms with Crippen LogP contribution in [0.5, 0.6) is 0 Å². The fourth-order valence-electron chi connectivity index (χ4n) is 7.11. The van der Waals surface area contributed by atoms with Crippen molar-refractivity contribution >= 4 is 22.0 Å². The van der Waals surface area contributed by atoms with Gasteiger partial charge in [0.05, 0.1) is 0 Å². The van der Waals surface area contributed by atoms with Gasteiger partial charge in [0.15, 0.2) is 11.5 Å². The van der Waals surface area contributed by atoms with Crippen LogP contribution in [0.25, 0.3) is 22.0 Å². The van der Waals surface area contributed by atoms with Crippen LogP contribution in [0.2, 0.25) is 0 Å². The number of oxazole rings is 1. The Bertz CT molecular complexity index is 1210. The molecule has 0 aliphatic carbocycles. The number of nitrogens with one attached hydrogen (secondary N) is 1. The first-order valence-corrected chi connectivity index (χ1v) is 15.7. The van der Waals surface area contributed by atoms with Crippen molar-refractivity contribution in [2.75, 3.05) is 106 Å². The minimum Gasteiger partial charge on any atom is -0.441 e. The first kappa shape index (κ1) is 28.1. The third kappa shape index (κ3) is 6.40. The van der Waals surface area contributed by atoms with E-state index in [1.165, 1.54) is 81.7 Å². The molecular weight excluding hydrogens is 500 g/mol. The quantitative estimate of drug-likeness (QED) is 0.464. The standard InChI is InChI=1S/C23H31N5O.C8H19N3/c1-26-10-12-27(13-11-26)9-6-21-25-23-20(29-21)3-2-19-22(23)17(14-24-19)18-15-28-7-4-16(18)5-8-28;1-10-5-7-11(8-6-10)4-2-3-9/h2-3,14,16,18,24H,4-13,15H2,1H3;2-9H2,1H3. The van der Waals surface area contributed by atoms with Gasteiger partial charge in [-0.3, -0.25) is 0 Å². The Kier molecular flexibility index (Phi) is 9.06. The van der Waals surface area contributed by atoms with Crippen LogP contribution < -0.4 is 5.73 Å². The summed E-state index contributed by atoms with van der Waals surface area (Å²) >= 11 is 0. The van der Waals surface area contributed by atoms with Gasteiger partial charge in [-0.05, 0) is 83.2 Å². The molecule has 1 atom stereocenters. The van der Waals surface area contributed by atoms with Crippen molar-refractivity contribution in [1.29, 1.82) is 0 Å². The molecular formula is C31H50N8O. The van der Waals surface area contributed by atoms with Gasteiger partial charge in [-0.25, -0.2) is 4.98 Å². The topological polar surface area (TPSA) is 84.0 Å². The fraction of sp³-hybridized carbons (Fsp3) is 0.710. The largest absolute Gasteiger partial charge is 0.441 e. The Hall–Kier alpha value is -2.01. The first-order chi connectivity index (χ1) is 19.6. The molecule has 0 radical (unpaired) electrons. The minimum absolute atomic E-state index is 0.627. The first-order valence-electron chi connectivity index (χ1n) is 15.7. The summed E-state index contributed by atoms with van der Waals surface area (Å²) in [6.45, 7) is 16.2. The lowest BCUT2D eigenvalue weighted by Crippen LogP contribution is -2.46. The third-order valence-electron chi connectivity index (χ3n) is 9.84. The Balaban J connectivity index is 0.000000223. The number of piperazine rings is 2. The second-order valence-electron chi connectivity index (χ2n) is 12.6. The summed E-state index contributed by atoms with van der Waals surface area (Å²) in [5.74, 6) is 2.33. The smallest absolute Gasteiger partial charge is 0.196 e. The average molecular weight is 551 g/mol. The van der Waals surface area contributed by atoms with Gasteiger partial charge in [-0.1, -0.05) is 0 Å². The van der Waals surface area contributed by atoms with E-state index in [0.717, 1.165) is 75.0 Å². The highest BCUT2D eigenvalue weighted by Crippen LogP contribution is 2.42. The lowest BCUT2D eigenvalue weighted by molar-refractivity contribution is 0.0877. The van der Waals surface area contributed by atoms with Crippen LogP contribution in [0.4, 0.5) is 0 Å². The van der Waals surface area contributed by atoms with Crippen LogP contribution in [0.1, 0.15) is 36.6 Å². The van der Waals surface area contributed by atoms with Crippen molar-refractivity contribution in [3.05, 3.63) is 29.8 Å². The van der Waals surface area contributed by atoms with E-state index >= 15 is 0 Å². The number of fused-ring (bicyclic) bond motifs is 6. The summed E-state index contributed by atoms with van der Waals surface area (Å²) in [5, 5.41) is 1.30. The van der Waals surface area contributed by atoms with Gasteiger partial charge >= 0.3 is 0 Å². The molecule has 5 aliphatic heterocycles. The molecule has 5 fully saturated rings. The van der Waals surface area contributed by atoms with E-state index in [4.69, 9.17) is 15.1 Å². The summed E-state index contributed by atoms with van der Waals surface area (Å²) < 4.78 is 6.19. The number of rotatable bonds is 7. The van der Waals surface area contributed by atoms with E-state index in [0.29, 0.717) is 5.92 Å². The number of hydrogen-bond acceptors (Lipinski definition) is 8. The highest BCUT2D eigenvalue weighted by molar-refractivity contribution is 6.04. The molecule has 7 heterocycles. The Morgan fingerprint density at radius 1 is 0.900 bits per heavy atom. The molecule has 3 N–H and O–H groups in total. The van der Waals surface area contributed by atoms with Crippen molar-refractivity contribution in [3.8, 4) is 0 Å². The van der Waals surface area contributed by atoms with Gasteiger partial charge in [-0.2, -0.15) is 0 Å². The maximum Gasteiger partial charge on any atom is 0.196 e. The SMILES string of the molecule is CN1CCN(CCCN)CC1.CN1CCN(CCc2nc3c(ccc4[nH]cc(C5CN6CCC5CC6)c43)o2)CC1. The van der Waals surface area contributed by atoms with Gasteiger partial charge in [0.2, 0.25) is 0 Å². The predicted molar refractivity (Wildman–Crippen MR) is 163 cm³/mol. The van der Waals surface area contributed by atoms with Crippen LogP contribution >= 0.6 is 0 Å². The van der Waals surface area contributed by atoms with Crippen molar-refractivity contribution < 1.29 is 4.42 Å². The molecule has 9 nitrogen and oxygen atoms in total. The van der Waals surface area contributed by atoms with Crippen molar-refractivity contribution in [2.45, 2.75) is 31.6 Å². The van der Waals surface area contributed by atoms with Crippen LogP contribution in [0.15, 0.2) is 22.7 Å². The zero-order valence-corrected chi connectivity index (χ0v) is 24.8. The molecule has 40 heavy (non-hydrogen) atoms. The molecule has 3 aromatic rings. The van der Waals surface area contributed by atoms with Crippen LogP contribution in [0.3, 0.4) is 0 Å². The van der Waals surface area contributed by atoms with E-state index in [-0.39, 0.29) is 0 Å². The number of aromatic nitrogens is 2. The summed E-state index contributed by atoms with van der Waals surface area (Å²) in [6.07, 6.45) is 6.95. The summed E-state index contributed by atoms with van der Waals surface area (Å²) in [6, 6.07) is 4.25. The lowest BCUT2D eigenvalue weighted by Gasteiger charge is -2.44. The predicted octanol–water partition coefficient (Wildman–Crippen LogP) is 2.49. The highest BCUT2D eigenvalue weighted by Gasteiger charge is 2.36. The molecule has 0 saturated carbocycles. The van der Waals surface area contributed by atoms with E-state index in [1.807, 2.05) is 0 Å². The zero-order chi connectivity index (χ0) is 27.5. The molecule has 5 saturated heterocycles. The molecule has 1 aromatic carbocycles. The average Bonchev–Trinajstić information content (AvgIpc) is 3.61. The van der Waals surface area contributed by atoms with E-state index in [9.17, 15) is 0 Å². The van der Waals surface area contributed by atoms with Crippen molar-refractivity contribution in [3.63, 3.8) is 0 Å². The monoisotopic (exact) mass is 550 g/mol. The number of benzene rings is 1. The lowest BCUT2D eigenvalue weighted by atomic mass is 9.75. The van der Waals surface area contributed by atoms with Gasteiger partial charge < -0.3 is 39.6 Å². The Labute approximate surface area is 239 Å². The van der Waals surface area contributed by atoms with Crippen LogP contribution in [-0.4, -0.2) is 140 Å². The van der Waals surface area contributed by atoms with Gasteiger partial charge in [0, 0.05) is 94.9 Å². The molecule has 8 rings (SSSR count). The number of aromatic amines is 1. The number of nitrogens with zero attached hydrogens (tertiary/aromatic N) is 6. The summed E-state index contributed by atoms with van der Waals surface area (Å²) in [4.78, 5) is 20.9. The fourth-order valence-corrected chi connectivity index (χ4v) is 7.11. The summed E-state index contributed by atoms with van der Waals surface area (Å²) in [7, 11) is 4.38. The minimum atomic E-state index is 0.627. The van der Waals surface area contributed by atoms with Gasteiger partial charge in [0.25, 0.3) is 0 Å². The zero-order valence-electron chi connectivity index (χ0n) is 24.8. The highest BCUT2D eigenvalue weighted by atomic mass is 16.3. The van der Waals surface area contributed by atoms with E-state index < -0.39 is 0 Å². The molecule has 0 amide bonds. The van der Waals surface area contributed by atoms with Crippen LogP contribution in [-0.2, 0) is 6.42 Å². The molecule has 9 heteroatoms. The molecule has 5 aliphatic rings. The second-order valence-corrected chi connectivity index (χ2v) is 12.6. The third-order valence-corrected chi connectivity index (χ3v) is 9.84. The maximum absolute atomic E-state index is 6.19. The van der Waals surface area contributed by atoms with E-state index in [2.05, 4.69) is 61.9 Å². The second kappa shape index (κ2) is 12.9. The van der Waals surface area contributed by atoms with Crippen molar-refractivity contribution in [2.24, 2.45) is 11.7 Å².